The number of likely N-dealkylation sites (N-methyl/N-ethyl adjacent to an activating group) is 1. The Morgan fingerprint density at radius 1 is 1.11 bits per heavy atom. The van der Waals surface area contributed by atoms with Crippen LogP contribution in [0.2, 0.25) is 0 Å². The summed E-state index contributed by atoms with van der Waals surface area (Å²) in [6, 6.07) is 8.85. The highest BCUT2D eigenvalue weighted by Crippen LogP contribution is 2.37. The summed E-state index contributed by atoms with van der Waals surface area (Å²) in [5.74, 6) is -1.12. The van der Waals surface area contributed by atoms with Crippen molar-refractivity contribution in [3.05, 3.63) is 60.2 Å². The summed E-state index contributed by atoms with van der Waals surface area (Å²) in [6.07, 6.45) is -2.26. The Balaban J connectivity index is 1.71. The average molecular weight is 530 g/mol. The van der Waals surface area contributed by atoms with Gasteiger partial charge in [-0.25, -0.2) is 14.4 Å². The van der Waals surface area contributed by atoms with Crippen LogP contribution in [0, 0.1) is 5.82 Å². The second kappa shape index (κ2) is 11.1. The van der Waals surface area contributed by atoms with E-state index in [0.29, 0.717) is 40.6 Å². The van der Waals surface area contributed by atoms with Crippen LogP contribution in [0.25, 0.3) is 22.3 Å². The number of carbonyl (C=O) groups is 1. The molecule has 4 aromatic rings. The Hall–Kier alpha value is -4.19. The van der Waals surface area contributed by atoms with Crippen molar-refractivity contribution in [3.63, 3.8) is 0 Å². The lowest BCUT2D eigenvalue weighted by molar-refractivity contribution is -0.137. The van der Waals surface area contributed by atoms with Crippen molar-refractivity contribution in [2.75, 3.05) is 43.1 Å². The summed E-state index contributed by atoms with van der Waals surface area (Å²) >= 11 is 0. The maximum absolute atomic E-state index is 13.8. The number of fused-ring (bicyclic) bond motifs is 1. The van der Waals surface area contributed by atoms with E-state index in [4.69, 9.17) is 0 Å². The standard InChI is InChI=1S/C26H27F4N7O/c1-4-23(38)35-22-12-16(6-8-20(22)31-9-10-37(2)3)34-25-19(26(28,29)30)14-33-24(36-25)18-13-32-21-11-15(27)5-7-17(18)21/h5-8,11-14,31-32H,4,9-10H2,1-3H3,(H,35,38)(H,33,34,36). The maximum Gasteiger partial charge on any atom is 0.421 e. The number of halogens is 4. The number of carbonyl (C=O) groups excluding carboxylic acids is 1. The number of nitrogens with one attached hydrogen (secondary N) is 4. The fourth-order valence-corrected chi connectivity index (χ4v) is 3.77. The number of aromatic amines is 1. The summed E-state index contributed by atoms with van der Waals surface area (Å²) in [7, 11) is 3.86. The second-order valence-corrected chi connectivity index (χ2v) is 8.86. The molecule has 0 aliphatic rings. The van der Waals surface area contributed by atoms with Crippen LogP contribution >= 0.6 is 0 Å². The van der Waals surface area contributed by atoms with Gasteiger partial charge in [-0.2, -0.15) is 13.2 Å². The molecule has 0 atom stereocenters. The summed E-state index contributed by atoms with van der Waals surface area (Å²) in [6.45, 7) is 3.03. The lowest BCUT2D eigenvalue weighted by Gasteiger charge is -2.18. The zero-order valence-corrected chi connectivity index (χ0v) is 21.0. The molecule has 0 saturated heterocycles. The minimum Gasteiger partial charge on any atom is -0.382 e. The van der Waals surface area contributed by atoms with Crippen molar-refractivity contribution in [3.8, 4) is 11.4 Å². The number of alkyl halides is 3. The average Bonchev–Trinajstić information content (AvgIpc) is 3.27. The van der Waals surface area contributed by atoms with Crippen LogP contribution in [0.5, 0.6) is 0 Å². The number of hydrogen-bond donors (Lipinski definition) is 4. The van der Waals surface area contributed by atoms with Crippen molar-refractivity contribution in [1.82, 2.24) is 19.9 Å². The molecule has 2 heterocycles. The number of H-pyrrole nitrogens is 1. The highest BCUT2D eigenvalue weighted by Gasteiger charge is 2.35. The second-order valence-electron chi connectivity index (χ2n) is 8.86. The van der Waals surface area contributed by atoms with Gasteiger partial charge in [-0.05, 0) is 50.5 Å². The third-order valence-electron chi connectivity index (χ3n) is 5.73. The van der Waals surface area contributed by atoms with Crippen LogP contribution < -0.4 is 16.0 Å². The molecule has 2 aromatic heterocycles. The summed E-state index contributed by atoms with van der Waals surface area (Å²) in [4.78, 5) is 25.1. The molecule has 200 valence electrons. The van der Waals surface area contributed by atoms with Gasteiger partial charge < -0.3 is 25.8 Å². The van der Waals surface area contributed by atoms with E-state index in [-0.39, 0.29) is 23.8 Å². The molecule has 12 heteroatoms. The van der Waals surface area contributed by atoms with E-state index in [2.05, 4.69) is 30.9 Å². The quantitative estimate of drug-likeness (QED) is 0.203. The minimum absolute atomic E-state index is 0.0276. The van der Waals surface area contributed by atoms with Crippen LogP contribution in [-0.2, 0) is 11.0 Å². The monoisotopic (exact) mass is 529 g/mol. The number of nitrogens with zero attached hydrogens (tertiary/aromatic N) is 3. The van der Waals surface area contributed by atoms with Gasteiger partial charge in [-0.15, -0.1) is 0 Å². The molecule has 8 nitrogen and oxygen atoms in total. The Morgan fingerprint density at radius 2 is 1.89 bits per heavy atom. The fraction of sp³-hybridized carbons (Fsp3) is 0.269. The molecule has 0 radical (unpaired) electrons. The first kappa shape index (κ1) is 26.9. The smallest absolute Gasteiger partial charge is 0.382 e. The highest BCUT2D eigenvalue weighted by molar-refractivity contribution is 5.95. The molecule has 0 fully saturated rings. The van der Waals surface area contributed by atoms with Gasteiger partial charge in [0.15, 0.2) is 5.82 Å². The summed E-state index contributed by atoms with van der Waals surface area (Å²) in [5, 5.41) is 9.32. The first-order valence-electron chi connectivity index (χ1n) is 11.9. The van der Waals surface area contributed by atoms with E-state index < -0.39 is 23.4 Å². The Kier molecular flexibility index (Phi) is 7.81. The zero-order chi connectivity index (χ0) is 27.4. The van der Waals surface area contributed by atoms with Crippen LogP contribution in [0.4, 0.5) is 40.4 Å². The van der Waals surface area contributed by atoms with Gasteiger partial charge in [0, 0.05) is 54.1 Å². The molecule has 0 saturated carbocycles. The van der Waals surface area contributed by atoms with Crippen molar-refractivity contribution in [2.45, 2.75) is 19.5 Å². The maximum atomic E-state index is 13.8. The van der Waals surface area contributed by atoms with Crippen molar-refractivity contribution < 1.29 is 22.4 Å². The largest absolute Gasteiger partial charge is 0.421 e. The summed E-state index contributed by atoms with van der Waals surface area (Å²) in [5.41, 5.74) is 1.16. The van der Waals surface area contributed by atoms with Crippen LogP contribution in [0.15, 0.2) is 48.8 Å². The molecular weight excluding hydrogens is 502 g/mol. The van der Waals surface area contributed by atoms with Crippen LogP contribution in [0.1, 0.15) is 18.9 Å². The normalized spacial score (nSPS) is 11.7. The van der Waals surface area contributed by atoms with E-state index in [1.165, 1.54) is 24.4 Å². The topological polar surface area (TPSA) is 98.0 Å². The Morgan fingerprint density at radius 3 is 2.61 bits per heavy atom. The molecule has 0 unspecified atom stereocenters. The van der Waals surface area contributed by atoms with E-state index in [1.54, 1.807) is 25.1 Å². The zero-order valence-electron chi connectivity index (χ0n) is 21.0. The van der Waals surface area contributed by atoms with E-state index in [1.807, 2.05) is 19.0 Å². The molecule has 4 rings (SSSR count). The third kappa shape index (κ3) is 6.20. The number of anilines is 4. The predicted octanol–water partition coefficient (Wildman–Crippen LogP) is 5.85. The van der Waals surface area contributed by atoms with Gasteiger partial charge in [0.25, 0.3) is 0 Å². The van der Waals surface area contributed by atoms with E-state index >= 15 is 0 Å². The van der Waals surface area contributed by atoms with Gasteiger partial charge >= 0.3 is 6.18 Å². The molecule has 0 spiro atoms. The predicted molar refractivity (Wildman–Crippen MR) is 140 cm³/mol. The molecule has 38 heavy (non-hydrogen) atoms. The molecule has 0 aliphatic heterocycles. The van der Waals surface area contributed by atoms with Gasteiger partial charge in [-0.1, -0.05) is 6.92 Å². The highest BCUT2D eigenvalue weighted by atomic mass is 19.4. The van der Waals surface area contributed by atoms with Gasteiger partial charge in [-0.3, -0.25) is 4.79 Å². The van der Waals surface area contributed by atoms with Gasteiger partial charge in [0.05, 0.1) is 11.4 Å². The molecule has 4 N–H and O–H groups in total. The number of amides is 1. The minimum atomic E-state index is -4.73. The third-order valence-corrected chi connectivity index (χ3v) is 5.73. The molecule has 0 aliphatic carbocycles. The SMILES string of the molecule is CCC(=O)Nc1cc(Nc2nc(-c3c[nH]c4cc(F)ccc34)ncc2C(F)(F)F)ccc1NCCN(C)C. The Labute approximate surface area is 216 Å². The van der Waals surface area contributed by atoms with Crippen molar-refractivity contribution in [2.24, 2.45) is 0 Å². The lowest BCUT2D eigenvalue weighted by atomic mass is 10.1. The molecular formula is C26H27F4N7O. The number of rotatable bonds is 9. The summed E-state index contributed by atoms with van der Waals surface area (Å²) < 4.78 is 55.1. The number of benzene rings is 2. The van der Waals surface area contributed by atoms with Gasteiger partial charge in [0.2, 0.25) is 5.91 Å². The van der Waals surface area contributed by atoms with E-state index in [9.17, 15) is 22.4 Å². The first-order valence-corrected chi connectivity index (χ1v) is 11.9. The molecule has 0 bridgehead atoms. The first-order chi connectivity index (χ1) is 18.0. The van der Waals surface area contributed by atoms with Crippen LogP contribution in [-0.4, -0.2) is 52.9 Å². The van der Waals surface area contributed by atoms with Crippen molar-refractivity contribution >= 4 is 39.7 Å². The fourth-order valence-electron chi connectivity index (χ4n) is 3.77. The van der Waals surface area contributed by atoms with Crippen molar-refractivity contribution in [1.29, 1.82) is 0 Å². The number of hydrogen-bond acceptors (Lipinski definition) is 6. The number of aromatic nitrogens is 3. The van der Waals surface area contributed by atoms with Crippen LogP contribution in [0.3, 0.4) is 0 Å². The van der Waals surface area contributed by atoms with E-state index in [0.717, 1.165) is 6.54 Å². The van der Waals surface area contributed by atoms with Gasteiger partial charge in [0.1, 0.15) is 17.2 Å². The Bertz CT molecular complexity index is 1450. The molecule has 2 aromatic carbocycles. The molecule has 1 amide bonds. The lowest BCUT2D eigenvalue weighted by Crippen LogP contribution is -2.21.